The van der Waals surface area contributed by atoms with E-state index in [1.807, 2.05) is 0 Å². The van der Waals surface area contributed by atoms with Crippen LogP contribution in [0.3, 0.4) is 0 Å². The first-order valence-electron chi connectivity index (χ1n) is 5.42. The molecule has 1 aliphatic heterocycles. The molecular formula is C10H18N2O2. The van der Waals surface area contributed by atoms with Gasteiger partial charge in [-0.15, -0.1) is 0 Å². The van der Waals surface area contributed by atoms with Crippen LogP contribution in [0.25, 0.3) is 0 Å². The quantitative estimate of drug-likeness (QED) is 0.640. The fraction of sp³-hybridized carbons (Fsp3) is 0.900. The number of amides is 1. The lowest BCUT2D eigenvalue weighted by Crippen LogP contribution is -2.53. The van der Waals surface area contributed by atoms with Gasteiger partial charge in [0.05, 0.1) is 12.1 Å². The molecule has 0 aromatic rings. The van der Waals surface area contributed by atoms with Gasteiger partial charge in [0, 0.05) is 19.0 Å². The maximum atomic E-state index is 11.7. The van der Waals surface area contributed by atoms with Crippen LogP contribution in [-0.2, 0) is 4.79 Å². The Kier molecular flexibility index (Phi) is 2.74. The molecule has 1 amide bonds. The van der Waals surface area contributed by atoms with Gasteiger partial charge < -0.3 is 15.7 Å². The molecule has 2 aliphatic rings. The van der Waals surface area contributed by atoms with Gasteiger partial charge in [0.2, 0.25) is 5.91 Å². The lowest BCUT2D eigenvalue weighted by molar-refractivity contribution is -0.138. The fourth-order valence-electron chi connectivity index (χ4n) is 2.32. The van der Waals surface area contributed by atoms with Crippen molar-refractivity contribution in [3.05, 3.63) is 0 Å². The first-order valence-corrected chi connectivity index (χ1v) is 5.42. The van der Waals surface area contributed by atoms with E-state index in [-0.39, 0.29) is 17.9 Å². The number of nitrogens with zero attached hydrogens (tertiary/aromatic N) is 1. The molecule has 1 aliphatic carbocycles. The topological polar surface area (TPSA) is 66.6 Å². The molecule has 80 valence electrons. The zero-order valence-electron chi connectivity index (χ0n) is 8.35. The van der Waals surface area contributed by atoms with Crippen LogP contribution >= 0.6 is 0 Å². The Hall–Kier alpha value is -0.610. The summed E-state index contributed by atoms with van der Waals surface area (Å²) in [4.78, 5) is 13.5. The molecule has 3 N–H and O–H groups in total. The number of carbonyl (C=O) groups excluding carboxylic acids is 1. The van der Waals surface area contributed by atoms with E-state index in [1.165, 1.54) is 0 Å². The molecule has 0 bridgehead atoms. The van der Waals surface area contributed by atoms with Gasteiger partial charge in [-0.25, -0.2) is 0 Å². The van der Waals surface area contributed by atoms with Crippen molar-refractivity contribution in [1.82, 2.24) is 4.90 Å². The second-order valence-electron chi connectivity index (χ2n) is 4.37. The number of likely N-dealkylation sites (tertiary alicyclic amines) is 1. The summed E-state index contributed by atoms with van der Waals surface area (Å²) in [5.41, 5.74) is 5.87. The first-order chi connectivity index (χ1) is 6.70. The second kappa shape index (κ2) is 3.87. The molecule has 0 aromatic heterocycles. The highest BCUT2D eigenvalue weighted by Crippen LogP contribution is 2.28. The zero-order chi connectivity index (χ0) is 10.1. The molecule has 14 heavy (non-hydrogen) atoms. The molecular weight excluding hydrogens is 180 g/mol. The second-order valence-corrected chi connectivity index (χ2v) is 4.37. The number of hydrogen-bond acceptors (Lipinski definition) is 3. The van der Waals surface area contributed by atoms with Crippen molar-refractivity contribution >= 4 is 5.91 Å². The Morgan fingerprint density at radius 1 is 1.36 bits per heavy atom. The average molecular weight is 198 g/mol. The van der Waals surface area contributed by atoms with Gasteiger partial charge in [0.15, 0.2) is 0 Å². The van der Waals surface area contributed by atoms with E-state index in [9.17, 15) is 9.90 Å². The van der Waals surface area contributed by atoms with Crippen molar-refractivity contribution in [2.45, 2.75) is 37.8 Å². The Morgan fingerprint density at radius 3 is 2.50 bits per heavy atom. The predicted octanol–water partition coefficient (Wildman–Crippen LogP) is -0.293. The van der Waals surface area contributed by atoms with Crippen molar-refractivity contribution in [2.75, 3.05) is 13.1 Å². The minimum atomic E-state index is -0.479. The lowest BCUT2D eigenvalue weighted by atomic mass is 9.95. The number of nitrogens with two attached hydrogens (primary N) is 1. The number of hydrogen-bond donors (Lipinski definition) is 2. The highest BCUT2D eigenvalue weighted by molar-refractivity contribution is 5.82. The Bertz CT molecular complexity index is 228. The minimum absolute atomic E-state index is 0.0110. The van der Waals surface area contributed by atoms with Crippen molar-refractivity contribution in [1.29, 1.82) is 0 Å². The Balaban J connectivity index is 1.92. The molecule has 0 radical (unpaired) electrons. The molecule has 0 spiro atoms. The van der Waals surface area contributed by atoms with Crippen molar-refractivity contribution in [3.63, 3.8) is 0 Å². The molecule has 2 rings (SSSR count). The molecule has 4 nitrogen and oxygen atoms in total. The molecule has 3 atom stereocenters. The average Bonchev–Trinajstić information content (AvgIpc) is 2.47. The molecule has 0 unspecified atom stereocenters. The largest absolute Gasteiger partial charge is 0.393 e. The third kappa shape index (κ3) is 1.64. The third-order valence-corrected chi connectivity index (χ3v) is 3.45. The van der Waals surface area contributed by atoms with E-state index in [4.69, 9.17) is 5.73 Å². The maximum Gasteiger partial charge on any atom is 0.239 e. The summed E-state index contributed by atoms with van der Waals surface area (Å²) < 4.78 is 0. The smallest absolute Gasteiger partial charge is 0.239 e. The normalized spacial score (nSPS) is 34.0. The van der Waals surface area contributed by atoms with Gasteiger partial charge in [0.25, 0.3) is 0 Å². The van der Waals surface area contributed by atoms with E-state index in [0.29, 0.717) is 0 Å². The van der Waals surface area contributed by atoms with Crippen LogP contribution < -0.4 is 5.73 Å². The summed E-state index contributed by atoms with van der Waals surface area (Å²) in [7, 11) is 0. The minimum Gasteiger partial charge on any atom is -0.393 e. The fourth-order valence-corrected chi connectivity index (χ4v) is 2.32. The molecule has 1 saturated heterocycles. The SMILES string of the molecule is N[C@H](C(=O)N1CCC1)[C@@H]1CCC[C@H]1O. The number of rotatable bonds is 2. The van der Waals surface area contributed by atoms with Crippen LogP contribution in [0.15, 0.2) is 0 Å². The summed E-state index contributed by atoms with van der Waals surface area (Å²) in [6, 6.07) is -0.479. The van der Waals surface area contributed by atoms with Gasteiger partial charge in [-0.3, -0.25) is 4.79 Å². The Labute approximate surface area is 84.1 Å². The van der Waals surface area contributed by atoms with E-state index in [1.54, 1.807) is 4.90 Å². The van der Waals surface area contributed by atoms with E-state index < -0.39 is 6.04 Å². The molecule has 2 fully saturated rings. The summed E-state index contributed by atoms with van der Waals surface area (Å²) >= 11 is 0. The van der Waals surface area contributed by atoms with Crippen LogP contribution in [0.4, 0.5) is 0 Å². The summed E-state index contributed by atoms with van der Waals surface area (Å²) in [5.74, 6) is 0.0188. The molecule has 1 heterocycles. The summed E-state index contributed by atoms with van der Waals surface area (Å²) in [6.45, 7) is 1.69. The first kappa shape index (κ1) is 9.93. The van der Waals surface area contributed by atoms with Gasteiger partial charge in [-0.2, -0.15) is 0 Å². The van der Waals surface area contributed by atoms with Crippen LogP contribution in [0.5, 0.6) is 0 Å². The van der Waals surface area contributed by atoms with Crippen LogP contribution in [0.2, 0.25) is 0 Å². The Morgan fingerprint density at radius 2 is 2.07 bits per heavy atom. The summed E-state index contributed by atoms with van der Waals surface area (Å²) in [5, 5.41) is 9.63. The van der Waals surface area contributed by atoms with E-state index in [0.717, 1.165) is 38.8 Å². The third-order valence-electron chi connectivity index (χ3n) is 3.45. The highest BCUT2D eigenvalue weighted by atomic mass is 16.3. The monoisotopic (exact) mass is 198 g/mol. The number of carbonyl (C=O) groups is 1. The molecule has 0 aromatic carbocycles. The predicted molar refractivity (Wildman–Crippen MR) is 52.5 cm³/mol. The van der Waals surface area contributed by atoms with Crippen molar-refractivity contribution in [3.8, 4) is 0 Å². The molecule has 4 heteroatoms. The summed E-state index contributed by atoms with van der Waals surface area (Å²) in [6.07, 6.45) is 3.40. The van der Waals surface area contributed by atoms with Gasteiger partial charge in [-0.05, 0) is 19.3 Å². The van der Waals surface area contributed by atoms with E-state index >= 15 is 0 Å². The zero-order valence-corrected chi connectivity index (χ0v) is 8.35. The van der Waals surface area contributed by atoms with Crippen molar-refractivity contribution in [2.24, 2.45) is 11.7 Å². The van der Waals surface area contributed by atoms with E-state index in [2.05, 4.69) is 0 Å². The molecule has 1 saturated carbocycles. The van der Waals surface area contributed by atoms with Crippen LogP contribution in [0.1, 0.15) is 25.7 Å². The maximum absolute atomic E-state index is 11.7. The lowest BCUT2D eigenvalue weighted by Gasteiger charge is -2.35. The van der Waals surface area contributed by atoms with Gasteiger partial charge >= 0.3 is 0 Å². The number of aliphatic hydroxyl groups is 1. The van der Waals surface area contributed by atoms with Gasteiger partial charge in [0.1, 0.15) is 0 Å². The van der Waals surface area contributed by atoms with Crippen LogP contribution in [0, 0.1) is 5.92 Å². The van der Waals surface area contributed by atoms with Crippen LogP contribution in [-0.4, -0.2) is 41.1 Å². The highest BCUT2D eigenvalue weighted by Gasteiger charge is 2.37. The van der Waals surface area contributed by atoms with Gasteiger partial charge in [-0.1, -0.05) is 6.42 Å². The van der Waals surface area contributed by atoms with Crippen molar-refractivity contribution < 1.29 is 9.90 Å². The number of aliphatic hydroxyl groups excluding tert-OH is 1. The standard InChI is InChI=1S/C10H18N2O2/c11-9(7-3-1-4-8(7)13)10(14)12-5-2-6-12/h7-9,13H,1-6,11H2/t7-,8-,9+/m1/s1.